The number of hydrogen-bond donors (Lipinski definition) is 1. The maximum Gasteiger partial charge on any atom is 0.264 e. The molecule has 0 radical (unpaired) electrons. The molecule has 0 unspecified atom stereocenters. The Morgan fingerprint density at radius 1 is 1.38 bits per heavy atom. The molecule has 138 valence electrons. The minimum Gasteiger partial charge on any atom is -0.493 e. The van der Waals surface area contributed by atoms with E-state index in [1.165, 1.54) is 24.6 Å². The van der Waals surface area contributed by atoms with Gasteiger partial charge in [0.2, 0.25) is 0 Å². The molecule has 6 heteroatoms. The molecule has 1 aromatic carbocycles. The Kier molecular flexibility index (Phi) is 4.94. The minimum absolute atomic E-state index is 0.0935. The lowest BCUT2D eigenvalue weighted by Crippen LogP contribution is -2.21. The second-order valence-corrected chi connectivity index (χ2v) is 8.03. The van der Waals surface area contributed by atoms with Crippen molar-refractivity contribution >= 4 is 28.9 Å². The van der Waals surface area contributed by atoms with Crippen LogP contribution in [-0.4, -0.2) is 29.8 Å². The highest BCUT2D eigenvalue weighted by Gasteiger charge is 2.27. The number of thioether (sulfide) groups is 1. The predicted molar refractivity (Wildman–Crippen MR) is 105 cm³/mol. The molecule has 3 aliphatic rings. The molecular weight excluding hydrogens is 348 g/mol. The van der Waals surface area contributed by atoms with Gasteiger partial charge in [0.15, 0.2) is 5.17 Å². The molecule has 26 heavy (non-hydrogen) atoms. The van der Waals surface area contributed by atoms with Crippen LogP contribution in [0.4, 0.5) is 0 Å². The van der Waals surface area contributed by atoms with Crippen molar-refractivity contribution in [3.05, 3.63) is 28.2 Å². The Morgan fingerprint density at radius 2 is 2.19 bits per heavy atom. The average molecular weight is 372 g/mol. The summed E-state index contributed by atoms with van der Waals surface area (Å²) in [4.78, 5) is 17.7. The number of amides is 1. The average Bonchev–Trinajstić information content (AvgIpc) is 3.30. The van der Waals surface area contributed by atoms with E-state index in [0.717, 1.165) is 47.1 Å². The monoisotopic (exact) mass is 372 g/mol. The van der Waals surface area contributed by atoms with E-state index in [9.17, 15) is 4.79 Å². The van der Waals surface area contributed by atoms with Gasteiger partial charge in [0, 0.05) is 17.5 Å². The van der Waals surface area contributed by atoms with Gasteiger partial charge < -0.3 is 14.8 Å². The van der Waals surface area contributed by atoms with Crippen molar-refractivity contribution in [3.63, 3.8) is 0 Å². The SMILES string of the molecule is CCOc1cc2c(cc1/C=C1\SC(=NC3CCCC3)NC1=O)O[C@H](C)C2. The van der Waals surface area contributed by atoms with Gasteiger partial charge in [-0.3, -0.25) is 9.79 Å². The van der Waals surface area contributed by atoms with E-state index < -0.39 is 0 Å². The Bertz CT molecular complexity index is 782. The summed E-state index contributed by atoms with van der Waals surface area (Å²) in [7, 11) is 0. The third-order valence-corrected chi connectivity index (χ3v) is 5.81. The van der Waals surface area contributed by atoms with Gasteiger partial charge in [-0.15, -0.1) is 0 Å². The van der Waals surface area contributed by atoms with E-state index in [2.05, 4.69) is 12.2 Å². The maximum atomic E-state index is 12.4. The van der Waals surface area contributed by atoms with Crippen LogP contribution < -0.4 is 14.8 Å². The summed E-state index contributed by atoms with van der Waals surface area (Å²) >= 11 is 1.42. The highest BCUT2D eigenvalue weighted by molar-refractivity contribution is 8.18. The molecule has 1 amide bonds. The van der Waals surface area contributed by atoms with Gasteiger partial charge in [0.1, 0.15) is 17.6 Å². The number of benzene rings is 1. The topological polar surface area (TPSA) is 59.9 Å². The molecule has 0 bridgehead atoms. The lowest BCUT2D eigenvalue weighted by Gasteiger charge is -2.10. The summed E-state index contributed by atoms with van der Waals surface area (Å²) in [6.45, 7) is 4.61. The highest BCUT2D eigenvalue weighted by atomic mass is 32.2. The first kappa shape index (κ1) is 17.5. The molecule has 2 heterocycles. The zero-order valence-electron chi connectivity index (χ0n) is 15.2. The molecule has 1 aliphatic carbocycles. The summed E-state index contributed by atoms with van der Waals surface area (Å²) in [5.41, 5.74) is 2.04. The van der Waals surface area contributed by atoms with Gasteiger partial charge in [0.25, 0.3) is 5.91 Å². The summed E-state index contributed by atoms with van der Waals surface area (Å²) < 4.78 is 11.7. The molecule has 4 rings (SSSR count). The van der Waals surface area contributed by atoms with Gasteiger partial charge in [0.05, 0.1) is 17.6 Å². The first-order valence-electron chi connectivity index (χ1n) is 9.37. The number of rotatable bonds is 4. The largest absolute Gasteiger partial charge is 0.493 e. The van der Waals surface area contributed by atoms with Crippen LogP contribution in [0.5, 0.6) is 11.5 Å². The van der Waals surface area contributed by atoms with Crippen molar-refractivity contribution < 1.29 is 14.3 Å². The number of fused-ring (bicyclic) bond motifs is 1. The quantitative estimate of drug-likeness (QED) is 0.814. The number of nitrogens with one attached hydrogen (secondary N) is 1. The zero-order valence-corrected chi connectivity index (χ0v) is 16.0. The normalized spacial score (nSPS) is 25.6. The van der Waals surface area contributed by atoms with Gasteiger partial charge in [-0.25, -0.2) is 0 Å². The number of nitrogens with zero attached hydrogens (tertiary/aromatic N) is 1. The number of hydrogen-bond acceptors (Lipinski definition) is 5. The van der Waals surface area contributed by atoms with Gasteiger partial charge in [-0.1, -0.05) is 12.8 Å². The molecule has 2 fully saturated rings. The van der Waals surface area contributed by atoms with E-state index in [-0.39, 0.29) is 12.0 Å². The van der Waals surface area contributed by atoms with Crippen molar-refractivity contribution in [2.24, 2.45) is 4.99 Å². The third-order valence-electron chi connectivity index (χ3n) is 4.89. The van der Waals surface area contributed by atoms with Crippen LogP contribution in [0.2, 0.25) is 0 Å². The van der Waals surface area contributed by atoms with Crippen LogP contribution in [0.3, 0.4) is 0 Å². The first-order chi connectivity index (χ1) is 12.6. The lowest BCUT2D eigenvalue weighted by atomic mass is 10.1. The molecular formula is C20H24N2O3S. The summed E-state index contributed by atoms with van der Waals surface area (Å²) in [6.07, 6.45) is 7.65. The van der Waals surface area contributed by atoms with Crippen molar-refractivity contribution in [1.82, 2.24) is 5.32 Å². The standard InChI is InChI=1S/C20H24N2O3S/c1-3-24-16-9-13-8-12(2)25-17(13)10-14(16)11-18-19(23)22-20(26-18)21-15-6-4-5-7-15/h9-12,15H,3-8H2,1-2H3,(H,21,22,23)/b18-11-/t12-/m1/s1. The maximum absolute atomic E-state index is 12.4. The van der Waals surface area contributed by atoms with Crippen LogP contribution in [0.25, 0.3) is 6.08 Å². The molecule has 1 saturated carbocycles. The highest BCUT2D eigenvalue weighted by Crippen LogP contribution is 2.38. The minimum atomic E-state index is -0.0935. The predicted octanol–water partition coefficient (Wildman–Crippen LogP) is 3.91. The smallest absolute Gasteiger partial charge is 0.264 e. The zero-order chi connectivity index (χ0) is 18.1. The number of amidine groups is 1. The Balaban J connectivity index is 1.61. The van der Waals surface area contributed by atoms with Gasteiger partial charge in [-0.05, 0) is 56.7 Å². The van der Waals surface area contributed by atoms with E-state index >= 15 is 0 Å². The lowest BCUT2D eigenvalue weighted by molar-refractivity contribution is -0.115. The molecule has 1 atom stereocenters. The number of aliphatic imine (C=N–C) groups is 1. The van der Waals surface area contributed by atoms with E-state index in [4.69, 9.17) is 14.5 Å². The molecule has 1 saturated heterocycles. The fourth-order valence-corrected chi connectivity index (χ4v) is 4.56. The summed E-state index contributed by atoms with van der Waals surface area (Å²) in [6, 6.07) is 4.38. The Labute approximate surface area is 158 Å². The van der Waals surface area contributed by atoms with Gasteiger partial charge in [-0.2, -0.15) is 0 Å². The Hall–Kier alpha value is -1.95. The van der Waals surface area contributed by atoms with Crippen LogP contribution >= 0.6 is 11.8 Å². The van der Waals surface area contributed by atoms with E-state index in [1.807, 2.05) is 25.1 Å². The van der Waals surface area contributed by atoms with E-state index in [1.54, 1.807) is 0 Å². The fraction of sp³-hybridized carbons (Fsp3) is 0.500. The van der Waals surface area contributed by atoms with Crippen molar-refractivity contribution in [2.45, 2.75) is 58.1 Å². The van der Waals surface area contributed by atoms with E-state index in [0.29, 0.717) is 17.6 Å². The molecule has 0 spiro atoms. The molecule has 2 aliphatic heterocycles. The molecule has 5 nitrogen and oxygen atoms in total. The van der Waals surface area contributed by atoms with Crippen molar-refractivity contribution in [3.8, 4) is 11.5 Å². The number of carbonyl (C=O) groups excluding carboxylic acids is 1. The number of ether oxygens (including phenoxy) is 2. The van der Waals surface area contributed by atoms with Crippen LogP contribution in [0, 0.1) is 0 Å². The van der Waals surface area contributed by atoms with Crippen molar-refractivity contribution in [1.29, 1.82) is 0 Å². The molecule has 0 aromatic heterocycles. The van der Waals surface area contributed by atoms with Gasteiger partial charge >= 0.3 is 0 Å². The van der Waals surface area contributed by atoms with Crippen LogP contribution in [-0.2, 0) is 11.2 Å². The first-order valence-corrected chi connectivity index (χ1v) is 10.2. The molecule has 1 N–H and O–H groups in total. The van der Waals surface area contributed by atoms with Crippen LogP contribution in [0.15, 0.2) is 22.0 Å². The second-order valence-electron chi connectivity index (χ2n) is 7.00. The fourth-order valence-electron chi connectivity index (χ4n) is 3.68. The van der Waals surface area contributed by atoms with Crippen LogP contribution in [0.1, 0.15) is 50.7 Å². The third kappa shape index (κ3) is 3.61. The summed E-state index contributed by atoms with van der Waals surface area (Å²) in [5, 5.41) is 3.62. The molecule has 1 aromatic rings. The summed E-state index contributed by atoms with van der Waals surface area (Å²) in [5.74, 6) is 1.59. The van der Waals surface area contributed by atoms with Crippen molar-refractivity contribution in [2.75, 3.05) is 6.61 Å². The Morgan fingerprint density at radius 3 is 2.96 bits per heavy atom. The second kappa shape index (κ2) is 7.35. The number of carbonyl (C=O) groups is 1.